The van der Waals surface area contributed by atoms with Crippen LogP contribution >= 0.6 is 0 Å². The first-order valence-corrected chi connectivity index (χ1v) is 9.44. The summed E-state index contributed by atoms with van der Waals surface area (Å²) in [6.45, 7) is 5.58. The van der Waals surface area contributed by atoms with Gasteiger partial charge in [-0.1, -0.05) is 12.1 Å². The molecule has 0 aromatic heterocycles. The molecule has 5 nitrogen and oxygen atoms in total. The second-order valence-corrected chi connectivity index (χ2v) is 8.50. The molecule has 0 unspecified atom stereocenters. The van der Waals surface area contributed by atoms with Crippen LogP contribution in [-0.2, 0) is 27.2 Å². The Morgan fingerprint density at radius 2 is 2.00 bits per heavy atom. The van der Waals surface area contributed by atoms with Crippen molar-refractivity contribution in [2.75, 3.05) is 0 Å². The minimum absolute atomic E-state index is 0.0408. The summed E-state index contributed by atoms with van der Waals surface area (Å²) in [5.41, 5.74) is 1.52. The topological polar surface area (TPSA) is 72.8 Å². The number of hydrogen-bond acceptors (Lipinski definition) is 4. The molecule has 1 N–H and O–H groups in total. The summed E-state index contributed by atoms with van der Waals surface area (Å²) in [6.07, 6.45) is 4.50. The number of carbonyl (C=O) groups excluding carboxylic acids is 1. The Bertz CT molecular complexity index is 684. The van der Waals surface area contributed by atoms with E-state index in [2.05, 4.69) is 0 Å². The van der Waals surface area contributed by atoms with Gasteiger partial charge in [0, 0.05) is 0 Å². The number of fused-ring (bicyclic) bond motifs is 1. The number of aryl methyl sites for hydroxylation is 1. The zero-order valence-corrected chi connectivity index (χ0v) is 15.8. The Balaban J connectivity index is 1.60. The van der Waals surface area contributed by atoms with Gasteiger partial charge in [-0.15, -0.1) is 0 Å². The van der Waals surface area contributed by atoms with Crippen LogP contribution in [0.3, 0.4) is 0 Å². The standard InChI is InChI=1S/C21H28O5/c1-21(2,3)26-19(22)11-13-4-9-18-15(10-13)7-8-16(25-18)12-17(20(23)24)14-5-6-14/h4,9-10,14,16-17H,5-8,11-12H2,1-3H3,(H,23,24)/t16-,17-/m1/s1. The number of benzene rings is 1. The van der Waals surface area contributed by atoms with Crippen molar-refractivity contribution in [3.8, 4) is 5.75 Å². The molecule has 1 aliphatic carbocycles. The Hall–Kier alpha value is -2.04. The van der Waals surface area contributed by atoms with Crippen LogP contribution in [0.15, 0.2) is 18.2 Å². The Morgan fingerprint density at radius 1 is 1.27 bits per heavy atom. The molecule has 2 atom stereocenters. The zero-order valence-electron chi connectivity index (χ0n) is 15.8. The van der Waals surface area contributed by atoms with Gasteiger partial charge in [0.15, 0.2) is 0 Å². The highest BCUT2D eigenvalue weighted by Crippen LogP contribution is 2.41. The lowest BCUT2D eigenvalue weighted by molar-refractivity contribution is -0.154. The van der Waals surface area contributed by atoms with Crippen LogP contribution in [0, 0.1) is 11.8 Å². The predicted molar refractivity (Wildman–Crippen MR) is 97.2 cm³/mol. The molecule has 2 aliphatic rings. The number of hydrogen-bond donors (Lipinski definition) is 1. The fourth-order valence-corrected chi connectivity index (χ4v) is 3.60. The van der Waals surface area contributed by atoms with E-state index in [9.17, 15) is 14.7 Å². The first-order chi connectivity index (χ1) is 12.2. The summed E-state index contributed by atoms with van der Waals surface area (Å²) in [6, 6.07) is 5.79. The highest BCUT2D eigenvalue weighted by atomic mass is 16.6. The Labute approximate surface area is 154 Å². The molecule has 1 fully saturated rings. The number of rotatable bonds is 6. The van der Waals surface area contributed by atoms with Gasteiger partial charge < -0.3 is 14.6 Å². The molecule has 1 aromatic rings. The molecule has 1 aliphatic heterocycles. The van der Waals surface area contributed by atoms with Crippen molar-refractivity contribution in [1.29, 1.82) is 0 Å². The minimum atomic E-state index is -0.699. The van der Waals surface area contributed by atoms with Gasteiger partial charge in [0.05, 0.1) is 18.4 Å². The third kappa shape index (κ3) is 4.99. The summed E-state index contributed by atoms with van der Waals surface area (Å²) in [7, 11) is 0. The third-order valence-corrected chi connectivity index (χ3v) is 4.95. The lowest BCUT2D eigenvalue weighted by Crippen LogP contribution is -2.29. The van der Waals surface area contributed by atoms with Crippen molar-refractivity contribution in [1.82, 2.24) is 0 Å². The van der Waals surface area contributed by atoms with E-state index < -0.39 is 11.6 Å². The first-order valence-electron chi connectivity index (χ1n) is 9.44. The van der Waals surface area contributed by atoms with E-state index in [1.807, 2.05) is 39.0 Å². The lowest BCUT2D eigenvalue weighted by atomic mass is 9.91. The predicted octanol–water partition coefficient (Wildman–Crippen LogP) is 3.77. The number of carbonyl (C=O) groups is 2. The average Bonchev–Trinajstić information content (AvgIpc) is 3.35. The van der Waals surface area contributed by atoms with Crippen LogP contribution in [-0.4, -0.2) is 28.8 Å². The summed E-state index contributed by atoms with van der Waals surface area (Å²) in [4.78, 5) is 23.4. The Morgan fingerprint density at radius 3 is 2.62 bits per heavy atom. The van der Waals surface area contributed by atoms with Gasteiger partial charge in [-0.2, -0.15) is 0 Å². The molecule has 0 amide bonds. The molecule has 0 bridgehead atoms. The van der Waals surface area contributed by atoms with Gasteiger partial charge in [-0.3, -0.25) is 9.59 Å². The molecule has 1 saturated carbocycles. The summed E-state index contributed by atoms with van der Waals surface area (Å²) >= 11 is 0. The van der Waals surface area contributed by atoms with E-state index in [1.54, 1.807) is 0 Å². The molecule has 142 valence electrons. The van der Waals surface area contributed by atoms with Gasteiger partial charge in [0.25, 0.3) is 0 Å². The van der Waals surface area contributed by atoms with Crippen molar-refractivity contribution >= 4 is 11.9 Å². The van der Waals surface area contributed by atoms with E-state index in [1.165, 1.54) is 0 Å². The smallest absolute Gasteiger partial charge is 0.310 e. The number of esters is 1. The molecular formula is C21H28O5. The Kier molecular flexibility index (Phi) is 5.26. The molecule has 3 rings (SSSR count). The van der Waals surface area contributed by atoms with Crippen LogP contribution < -0.4 is 4.74 Å². The van der Waals surface area contributed by atoms with Crippen LogP contribution in [0.1, 0.15) is 57.6 Å². The summed E-state index contributed by atoms with van der Waals surface area (Å²) in [5, 5.41) is 9.41. The minimum Gasteiger partial charge on any atom is -0.490 e. The molecule has 1 aromatic carbocycles. The van der Waals surface area contributed by atoms with E-state index in [4.69, 9.17) is 9.47 Å². The summed E-state index contributed by atoms with van der Waals surface area (Å²) in [5.74, 6) is -0.0776. The quantitative estimate of drug-likeness (QED) is 0.782. The van der Waals surface area contributed by atoms with Crippen molar-refractivity contribution in [2.45, 2.75) is 71.0 Å². The van der Waals surface area contributed by atoms with Gasteiger partial charge in [-0.25, -0.2) is 0 Å². The molecule has 0 saturated heterocycles. The molecule has 5 heteroatoms. The van der Waals surface area contributed by atoms with Crippen molar-refractivity contribution in [3.63, 3.8) is 0 Å². The first kappa shape index (κ1) is 18.7. The van der Waals surface area contributed by atoms with Crippen LogP contribution in [0.4, 0.5) is 0 Å². The maximum Gasteiger partial charge on any atom is 0.310 e. The van der Waals surface area contributed by atoms with Crippen LogP contribution in [0.2, 0.25) is 0 Å². The number of aliphatic carboxylic acids is 1. The van der Waals surface area contributed by atoms with Gasteiger partial charge >= 0.3 is 11.9 Å². The molecule has 26 heavy (non-hydrogen) atoms. The van der Waals surface area contributed by atoms with Gasteiger partial charge in [0.1, 0.15) is 11.4 Å². The van der Waals surface area contributed by atoms with E-state index in [-0.39, 0.29) is 24.4 Å². The maximum atomic E-state index is 12.0. The monoisotopic (exact) mass is 360 g/mol. The second-order valence-electron chi connectivity index (χ2n) is 8.50. The van der Waals surface area contributed by atoms with E-state index in [0.29, 0.717) is 12.3 Å². The highest BCUT2D eigenvalue weighted by molar-refractivity contribution is 5.73. The van der Waals surface area contributed by atoms with Crippen molar-refractivity contribution in [3.05, 3.63) is 29.3 Å². The maximum absolute atomic E-state index is 12.0. The van der Waals surface area contributed by atoms with Crippen LogP contribution in [0.25, 0.3) is 0 Å². The molecular weight excluding hydrogens is 332 g/mol. The zero-order chi connectivity index (χ0) is 18.9. The fraction of sp³-hybridized carbons (Fsp3) is 0.619. The van der Waals surface area contributed by atoms with Gasteiger partial charge in [-0.05, 0) is 76.0 Å². The summed E-state index contributed by atoms with van der Waals surface area (Å²) < 4.78 is 11.4. The number of ether oxygens (including phenoxy) is 2. The third-order valence-electron chi connectivity index (χ3n) is 4.95. The van der Waals surface area contributed by atoms with E-state index in [0.717, 1.165) is 42.6 Å². The second kappa shape index (κ2) is 7.29. The van der Waals surface area contributed by atoms with Crippen molar-refractivity contribution in [2.24, 2.45) is 11.8 Å². The molecule has 1 heterocycles. The molecule has 0 spiro atoms. The lowest BCUT2D eigenvalue weighted by Gasteiger charge is -2.28. The highest BCUT2D eigenvalue weighted by Gasteiger charge is 2.38. The average molecular weight is 360 g/mol. The SMILES string of the molecule is CC(C)(C)OC(=O)Cc1ccc2c(c1)CC[C@H](C[C@@H](C(=O)O)C1CC1)O2. The van der Waals surface area contributed by atoms with Crippen molar-refractivity contribution < 1.29 is 24.2 Å². The molecule has 0 radical (unpaired) electrons. The number of carboxylic acid groups (broad SMARTS) is 1. The van der Waals surface area contributed by atoms with Crippen LogP contribution in [0.5, 0.6) is 5.75 Å². The van der Waals surface area contributed by atoms with E-state index >= 15 is 0 Å². The van der Waals surface area contributed by atoms with Gasteiger partial charge in [0.2, 0.25) is 0 Å². The number of carboxylic acids is 1. The normalized spacial score (nSPS) is 20.7. The fourth-order valence-electron chi connectivity index (χ4n) is 3.60. The largest absolute Gasteiger partial charge is 0.490 e.